The number of sulfonamides is 2. The predicted octanol–water partition coefficient (Wildman–Crippen LogP) is 1.83. The molecule has 1 aliphatic carbocycles. The molecule has 0 amide bonds. The van der Waals surface area contributed by atoms with Crippen LogP contribution in [0.25, 0.3) is 5.69 Å². The zero-order chi connectivity index (χ0) is 21.2. The number of benzene rings is 2. The van der Waals surface area contributed by atoms with Gasteiger partial charge in [-0.05, 0) is 61.2 Å². The number of aromatic nitrogens is 2. The second kappa shape index (κ2) is 8.31. The van der Waals surface area contributed by atoms with E-state index in [1.165, 1.54) is 24.3 Å². The summed E-state index contributed by atoms with van der Waals surface area (Å²) in [5.74, 6) is 0. The summed E-state index contributed by atoms with van der Waals surface area (Å²) in [6, 6.07) is 14.8. The number of nitrogens with one attached hydrogen (secondary N) is 2. The number of rotatable bonds is 9. The molecule has 1 fully saturated rings. The van der Waals surface area contributed by atoms with Crippen molar-refractivity contribution >= 4 is 20.0 Å². The first kappa shape index (κ1) is 20.7. The molecule has 0 spiro atoms. The Hall–Kier alpha value is -2.53. The third-order valence-corrected chi connectivity index (χ3v) is 7.72. The topological polar surface area (TPSA) is 110 Å². The van der Waals surface area contributed by atoms with Crippen molar-refractivity contribution in [1.29, 1.82) is 0 Å². The third kappa shape index (κ3) is 4.96. The Morgan fingerprint density at radius 3 is 2.17 bits per heavy atom. The van der Waals surface area contributed by atoms with E-state index in [0.29, 0.717) is 6.42 Å². The molecule has 2 N–H and O–H groups in total. The minimum absolute atomic E-state index is 0.00803. The van der Waals surface area contributed by atoms with Crippen LogP contribution in [-0.2, 0) is 26.5 Å². The highest BCUT2D eigenvalue weighted by molar-refractivity contribution is 7.90. The van der Waals surface area contributed by atoms with Crippen LogP contribution < -0.4 is 9.44 Å². The van der Waals surface area contributed by atoms with Crippen LogP contribution in [0.2, 0.25) is 0 Å². The SMILES string of the molecule is O=S(=O)(NCCc1cnn(-c2ccccc2)c1)c1ccc(S(=O)(=O)NC2CC2)cc1. The van der Waals surface area contributed by atoms with Crippen LogP contribution in [-0.4, -0.2) is 39.2 Å². The molecule has 0 atom stereocenters. The van der Waals surface area contributed by atoms with Gasteiger partial charge in [0, 0.05) is 18.8 Å². The Kier molecular flexibility index (Phi) is 5.74. The van der Waals surface area contributed by atoms with E-state index in [1.54, 1.807) is 10.9 Å². The summed E-state index contributed by atoms with van der Waals surface area (Å²) in [7, 11) is -7.35. The normalized spacial score (nSPS) is 14.7. The Labute approximate surface area is 176 Å². The molecule has 8 nitrogen and oxygen atoms in total. The first-order valence-electron chi connectivity index (χ1n) is 9.54. The Bertz CT molecular complexity index is 1220. The van der Waals surface area contributed by atoms with Gasteiger partial charge >= 0.3 is 0 Å². The molecule has 1 aromatic heterocycles. The van der Waals surface area contributed by atoms with Gasteiger partial charge in [-0.25, -0.2) is 31.0 Å². The summed E-state index contributed by atoms with van der Waals surface area (Å²) in [5.41, 5.74) is 1.82. The molecular formula is C20H22N4O4S2. The highest BCUT2D eigenvalue weighted by atomic mass is 32.2. The summed E-state index contributed by atoms with van der Waals surface area (Å²) in [6.45, 7) is 0.200. The summed E-state index contributed by atoms with van der Waals surface area (Å²) in [5, 5.41) is 4.29. The lowest BCUT2D eigenvalue weighted by Gasteiger charge is -2.08. The van der Waals surface area contributed by atoms with Crippen LogP contribution in [0.5, 0.6) is 0 Å². The van der Waals surface area contributed by atoms with Crippen molar-refractivity contribution in [3.05, 3.63) is 72.6 Å². The van der Waals surface area contributed by atoms with Gasteiger partial charge in [-0.1, -0.05) is 18.2 Å². The van der Waals surface area contributed by atoms with Crippen molar-refractivity contribution in [1.82, 2.24) is 19.2 Å². The Morgan fingerprint density at radius 1 is 0.900 bits per heavy atom. The molecule has 0 radical (unpaired) electrons. The first-order valence-corrected chi connectivity index (χ1v) is 12.5. The predicted molar refractivity (Wildman–Crippen MR) is 112 cm³/mol. The van der Waals surface area contributed by atoms with E-state index in [9.17, 15) is 16.8 Å². The lowest BCUT2D eigenvalue weighted by molar-refractivity contribution is 0.577. The van der Waals surface area contributed by atoms with Gasteiger partial charge in [-0.3, -0.25) is 0 Å². The molecule has 0 unspecified atom stereocenters. The van der Waals surface area contributed by atoms with Crippen molar-refractivity contribution in [2.24, 2.45) is 0 Å². The van der Waals surface area contributed by atoms with Gasteiger partial charge in [-0.2, -0.15) is 5.10 Å². The number of hydrogen-bond donors (Lipinski definition) is 2. The summed E-state index contributed by atoms with van der Waals surface area (Å²) in [6.07, 6.45) is 5.70. The van der Waals surface area contributed by atoms with E-state index in [1.807, 2.05) is 36.5 Å². The fourth-order valence-corrected chi connectivity index (χ4v) is 5.25. The third-order valence-electron chi connectivity index (χ3n) is 4.71. The number of hydrogen-bond acceptors (Lipinski definition) is 5. The van der Waals surface area contributed by atoms with Crippen LogP contribution in [0.15, 0.2) is 76.8 Å². The molecule has 1 heterocycles. The van der Waals surface area contributed by atoms with Gasteiger partial charge in [0.25, 0.3) is 0 Å². The maximum Gasteiger partial charge on any atom is 0.240 e. The molecule has 30 heavy (non-hydrogen) atoms. The molecule has 4 rings (SSSR count). The zero-order valence-electron chi connectivity index (χ0n) is 16.1. The van der Waals surface area contributed by atoms with Gasteiger partial charge in [-0.15, -0.1) is 0 Å². The molecule has 3 aromatic rings. The van der Waals surface area contributed by atoms with Crippen LogP contribution >= 0.6 is 0 Å². The molecule has 0 aliphatic heterocycles. The van der Waals surface area contributed by atoms with Gasteiger partial charge in [0.2, 0.25) is 20.0 Å². The van der Waals surface area contributed by atoms with Crippen molar-refractivity contribution in [2.45, 2.75) is 35.1 Å². The monoisotopic (exact) mass is 446 g/mol. The van der Waals surface area contributed by atoms with Gasteiger partial charge in [0.05, 0.1) is 21.7 Å². The van der Waals surface area contributed by atoms with E-state index in [2.05, 4.69) is 14.5 Å². The second-order valence-electron chi connectivity index (χ2n) is 7.14. The standard InChI is InChI=1S/C20H22N4O4S2/c25-29(26,19-8-10-20(11-9-19)30(27,28)23-17-6-7-17)22-13-12-16-14-21-24(15-16)18-4-2-1-3-5-18/h1-5,8-11,14-15,17,22-23H,6-7,12-13H2. The minimum Gasteiger partial charge on any atom is -0.241 e. The summed E-state index contributed by atoms with van der Waals surface area (Å²) < 4.78 is 56.2. The van der Waals surface area contributed by atoms with Gasteiger partial charge < -0.3 is 0 Å². The molecule has 1 saturated carbocycles. The number of para-hydroxylation sites is 1. The van der Waals surface area contributed by atoms with Crippen molar-refractivity contribution < 1.29 is 16.8 Å². The Balaban J connectivity index is 1.36. The van der Waals surface area contributed by atoms with Crippen molar-refractivity contribution in [2.75, 3.05) is 6.54 Å². The first-order chi connectivity index (χ1) is 14.3. The second-order valence-corrected chi connectivity index (χ2v) is 10.6. The Morgan fingerprint density at radius 2 is 1.53 bits per heavy atom. The van der Waals surface area contributed by atoms with Crippen LogP contribution in [0, 0.1) is 0 Å². The van der Waals surface area contributed by atoms with Crippen LogP contribution in [0.3, 0.4) is 0 Å². The molecular weight excluding hydrogens is 424 g/mol. The van der Waals surface area contributed by atoms with Crippen LogP contribution in [0.4, 0.5) is 0 Å². The minimum atomic E-state index is -3.74. The van der Waals surface area contributed by atoms with Crippen LogP contribution in [0.1, 0.15) is 18.4 Å². The van der Waals surface area contributed by atoms with E-state index < -0.39 is 20.0 Å². The van der Waals surface area contributed by atoms with Gasteiger partial charge in [0.15, 0.2) is 0 Å². The zero-order valence-corrected chi connectivity index (χ0v) is 17.7. The highest BCUT2D eigenvalue weighted by Gasteiger charge is 2.28. The maximum absolute atomic E-state index is 12.5. The van der Waals surface area contributed by atoms with E-state index in [4.69, 9.17) is 0 Å². The average molecular weight is 447 g/mol. The molecule has 10 heteroatoms. The summed E-state index contributed by atoms with van der Waals surface area (Å²) in [4.78, 5) is 0.0783. The lowest BCUT2D eigenvalue weighted by Crippen LogP contribution is -2.27. The van der Waals surface area contributed by atoms with Crippen molar-refractivity contribution in [3.8, 4) is 5.69 Å². The number of nitrogens with zero attached hydrogens (tertiary/aromatic N) is 2. The smallest absolute Gasteiger partial charge is 0.240 e. The van der Waals surface area contributed by atoms with E-state index in [-0.39, 0.29) is 22.4 Å². The van der Waals surface area contributed by atoms with E-state index >= 15 is 0 Å². The lowest BCUT2D eigenvalue weighted by atomic mass is 10.2. The van der Waals surface area contributed by atoms with E-state index in [0.717, 1.165) is 24.1 Å². The largest absolute Gasteiger partial charge is 0.241 e. The molecule has 2 aromatic carbocycles. The van der Waals surface area contributed by atoms with Crippen molar-refractivity contribution in [3.63, 3.8) is 0 Å². The average Bonchev–Trinajstić information content (AvgIpc) is 3.41. The highest BCUT2D eigenvalue weighted by Crippen LogP contribution is 2.22. The molecule has 158 valence electrons. The molecule has 0 saturated heterocycles. The quantitative estimate of drug-likeness (QED) is 0.521. The fraction of sp³-hybridized carbons (Fsp3) is 0.250. The van der Waals surface area contributed by atoms with Gasteiger partial charge in [0.1, 0.15) is 0 Å². The fourth-order valence-electron chi connectivity index (χ4n) is 2.91. The molecule has 0 bridgehead atoms. The molecule has 1 aliphatic rings. The summed E-state index contributed by atoms with van der Waals surface area (Å²) >= 11 is 0. The maximum atomic E-state index is 12.5.